The second-order valence-electron chi connectivity index (χ2n) is 14.0. The number of alkyl halides is 1. The number of nitrogens with zero attached hydrogens (tertiary/aromatic N) is 3. The van der Waals surface area contributed by atoms with Crippen molar-refractivity contribution < 1.29 is 33.0 Å². The molecule has 2 saturated heterocycles. The number of pyridine rings is 1. The summed E-state index contributed by atoms with van der Waals surface area (Å²) < 4.78 is 23.5. The molecule has 2 atom stereocenters. The molecule has 1 aromatic heterocycles. The minimum absolute atomic E-state index is 0.00722. The maximum absolute atomic E-state index is 13.6. The zero-order valence-electron chi connectivity index (χ0n) is 28.3. The van der Waals surface area contributed by atoms with Crippen molar-refractivity contribution in [3.8, 4) is 16.9 Å². The summed E-state index contributed by atoms with van der Waals surface area (Å²) >= 11 is 0. The maximum atomic E-state index is 13.6. The van der Waals surface area contributed by atoms with Crippen molar-refractivity contribution in [1.29, 1.82) is 0 Å². The van der Waals surface area contributed by atoms with Gasteiger partial charge in [0.25, 0.3) is 0 Å². The van der Waals surface area contributed by atoms with E-state index >= 15 is 0 Å². The fraction of sp³-hybridized carbons (Fsp3) is 0.595. The number of hydrogen-bond acceptors (Lipinski definition) is 7. The largest absolute Gasteiger partial charge is 0.491 e. The second-order valence-corrected chi connectivity index (χ2v) is 14.0. The number of benzene rings is 1. The third kappa shape index (κ3) is 11.1. The summed E-state index contributed by atoms with van der Waals surface area (Å²) in [6.07, 6.45) is 7.97. The second kappa shape index (κ2) is 16.8. The van der Waals surface area contributed by atoms with E-state index in [1.165, 1.54) is 6.92 Å². The summed E-state index contributed by atoms with van der Waals surface area (Å²) in [4.78, 5) is 59.5. The van der Waals surface area contributed by atoms with Crippen molar-refractivity contribution in [2.75, 3.05) is 39.5 Å². The third-order valence-electron chi connectivity index (χ3n) is 8.99. The van der Waals surface area contributed by atoms with Gasteiger partial charge in [-0.1, -0.05) is 12.1 Å². The van der Waals surface area contributed by atoms with Crippen LogP contribution in [-0.4, -0.2) is 83.4 Å². The number of aromatic nitrogens is 1. The van der Waals surface area contributed by atoms with Crippen LogP contribution in [0.4, 0.5) is 9.18 Å². The fourth-order valence-electron chi connectivity index (χ4n) is 6.51. The van der Waals surface area contributed by atoms with Gasteiger partial charge in [-0.3, -0.25) is 14.6 Å². The standard InChI is InChI=1S/C37H50FN3O6/c1-26(42)19-30(32-20-31(23-39-24-32)28-7-5-9-33(21-28)46-18-14-38)22-34(43)29-8-6-15-41(25-29)35(44)11-10-27-12-16-40(17-13-27)36(45)47-37(2,3)4/h5,7,9,20-21,23-24,27,29-30H,6,8,10-19,22,25H2,1-4H3/t29-,30?/m1/s1. The smallest absolute Gasteiger partial charge is 0.410 e. The van der Waals surface area contributed by atoms with E-state index in [9.17, 15) is 23.6 Å². The Morgan fingerprint density at radius 1 is 0.979 bits per heavy atom. The average Bonchev–Trinajstić information content (AvgIpc) is 3.05. The number of carbonyl (C=O) groups is 4. The van der Waals surface area contributed by atoms with E-state index in [4.69, 9.17) is 9.47 Å². The molecule has 0 spiro atoms. The van der Waals surface area contributed by atoms with Gasteiger partial charge in [-0.15, -0.1) is 0 Å². The van der Waals surface area contributed by atoms with Crippen molar-refractivity contribution in [1.82, 2.24) is 14.8 Å². The molecule has 2 aliphatic heterocycles. The molecule has 9 nitrogen and oxygen atoms in total. The first kappa shape index (κ1) is 36.0. The number of likely N-dealkylation sites (tertiary alicyclic amines) is 2. The van der Waals surface area contributed by atoms with Crippen LogP contribution >= 0.6 is 0 Å². The Hall–Kier alpha value is -3.82. The lowest BCUT2D eigenvalue weighted by atomic mass is 9.83. The van der Waals surface area contributed by atoms with E-state index < -0.39 is 12.3 Å². The third-order valence-corrected chi connectivity index (χ3v) is 8.99. The zero-order chi connectivity index (χ0) is 34.0. The number of piperidine rings is 2. The molecule has 0 aliphatic carbocycles. The molecule has 2 aliphatic rings. The predicted molar refractivity (Wildman–Crippen MR) is 178 cm³/mol. The first-order valence-electron chi connectivity index (χ1n) is 16.9. The van der Waals surface area contributed by atoms with Gasteiger partial charge in [0.1, 0.15) is 36.2 Å². The SMILES string of the molecule is CC(=O)CC(CC(=O)[C@@H]1CCCN(C(=O)CCC2CCN(C(=O)OC(C)(C)C)CC2)C1)c1cncc(-c2cccc(OCCF)c2)c1. The maximum Gasteiger partial charge on any atom is 0.410 e. The van der Waals surface area contributed by atoms with Crippen LogP contribution in [0, 0.1) is 11.8 Å². The molecule has 4 rings (SSSR count). The van der Waals surface area contributed by atoms with Crippen LogP contribution < -0.4 is 4.74 Å². The van der Waals surface area contributed by atoms with Crippen LogP contribution in [0.3, 0.4) is 0 Å². The zero-order valence-corrected chi connectivity index (χ0v) is 28.3. The molecule has 3 heterocycles. The van der Waals surface area contributed by atoms with E-state index in [1.807, 2.05) is 49.9 Å². The molecule has 1 aromatic carbocycles. The van der Waals surface area contributed by atoms with Crippen LogP contribution in [0.25, 0.3) is 11.1 Å². The van der Waals surface area contributed by atoms with E-state index in [2.05, 4.69) is 4.98 Å². The van der Waals surface area contributed by atoms with E-state index in [-0.39, 0.29) is 54.9 Å². The fourth-order valence-corrected chi connectivity index (χ4v) is 6.51. The lowest BCUT2D eigenvalue weighted by Gasteiger charge is -2.35. The Morgan fingerprint density at radius 3 is 2.45 bits per heavy atom. The molecular formula is C37H50FN3O6. The number of carbonyl (C=O) groups excluding carboxylic acids is 4. The number of ether oxygens (including phenoxy) is 2. The minimum Gasteiger partial charge on any atom is -0.491 e. The molecule has 10 heteroatoms. The Bertz CT molecular complexity index is 1380. The molecule has 47 heavy (non-hydrogen) atoms. The number of hydrogen-bond donors (Lipinski definition) is 0. The van der Waals surface area contributed by atoms with Gasteiger partial charge in [-0.2, -0.15) is 0 Å². The van der Waals surface area contributed by atoms with Gasteiger partial charge in [0, 0.05) is 69.3 Å². The Labute approximate surface area is 278 Å². The number of rotatable bonds is 13. The highest BCUT2D eigenvalue weighted by Crippen LogP contribution is 2.32. The molecule has 1 unspecified atom stereocenters. The molecule has 2 aromatic rings. The van der Waals surface area contributed by atoms with Gasteiger partial charge >= 0.3 is 6.09 Å². The van der Waals surface area contributed by atoms with Crippen LogP contribution in [0.5, 0.6) is 5.75 Å². The summed E-state index contributed by atoms with van der Waals surface area (Å²) in [5, 5.41) is 0. The predicted octanol–water partition coefficient (Wildman–Crippen LogP) is 6.78. The first-order valence-corrected chi connectivity index (χ1v) is 16.9. The van der Waals surface area contributed by atoms with Gasteiger partial charge < -0.3 is 24.1 Å². The van der Waals surface area contributed by atoms with Gasteiger partial charge in [0.2, 0.25) is 5.91 Å². The lowest BCUT2D eigenvalue weighted by Crippen LogP contribution is -2.43. The van der Waals surface area contributed by atoms with Crippen molar-refractivity contribution in [2.24, 2.45) is 11.8 Å². The van der Waals surface area contributed by atoms with Crippen molar-refractivity contribution in [2.45, 2.75) is 90.6 Å². The summed E-state index contributed by atoms with van der Waals surface area (Å²) in [5.41, 5.74) is 1.95. The van der Waals surface area contributed by atoms with Gasteiger partial charge in [0.05, 0.1) is 0 Å². The number of Topliss-reactive ketones (excluding diaryl/α,β-unsaturated/α-hetero) is 2. The quantitative estimate of drug-likeness (QED) is 0.235. The average molecular weight is 652 g/mol. The Morgan fingerprint density at radius 2 is 1.74 bits per heavy atom. The van der Waals surface area contributed by atoms with Crippen LogP contribution in [0.1, 0.15) is 90.5 Å². The van der Waals surface area contributed by atoms with E-state index in [0.717, 1.165) is 48.8 Å². The first-order chi connectivity index (χ1) is 22.4. The summed E-state index contributed by atoms with van der Waals surface area (Å²) in [6.45, 7) is 8.84. The van der Waals surface area contributed by atoms with E-state index in [1.54, 1.807) is 23.4 Å². The van der Waals surface area contributed by atoms with Crippen molar-refractivity contribution >= 4 is 23.6 Å². The van der Waals surface area contributed by atoms with Crippen LogP contribution in [0.2, 0.25) is 0 Å². The number of ketones is 2. The van der Waals surface area contributed by atoms with E-state index in [0.29, 0.717) is 44.3 Å². The molecule has 2 amide bonds. The molecule has 0 radical (unpaired) electrons. The van der Waals surface area contributed by atoms with Gasteiger partial charge in [0.15, 0.2) is 0 Å². The normalized spacial score (nSPS) is 18.0. The highest BCUT2D eigenvalue weighted by molar-refractivity contribution is 5.85. The van der Waals surface area contributed by atoms with Crippen LogP contribution in [-0.2, 0) is 19.1 Å². The number of amides is 2. The molecule has 0 bridgehead atoms. The van der Waals surface area contributed by atoms with Crippen LogP contribution in [0.15, 0.2) is 42.7 Å². The Kier molecular flexibility index (Phi) is 12.9. The van der Waals surface area contributed by atoms with Gasteiger partial charge in [-0.05, 0) is 101 Å². The molecular weight excluding hydrogens is 601 g/mol. The molecule has 0 N–H and O–H groups in total. The lowest BCUT2D eigenvalue weighted by molar-refractivity contribution is -0.135. The Balaban J connectivity index is 1.32. The molecule has 256 valence electrons. The summed E-state index contributed by atoms with van der Waals surface area (Å²) in [6, 6.07) is 9.29. The molecule has 0 saturated carbocycles. The van der Waals surface area contributed by atoms with Crippen molar-refractivity contribution in [3.05, 3.63) is 48.3 Å². The monoisotopic (exact) mass is 651 g/mol. The number of halogens is 1. The van der Waals surface area contributed by atoms with Gasteiger partial charge in [-0.25, -0.2) is 9.18 Å². The highest BCUT2D eigenvalue weighted by atomic mass is 19.1. The molecule has 2 fully saturated rings. The highest BCUT2D eigenvalue weighted by Gasteiger charge is 2.32. The summed E-state index contributed by atoms with van der Waals surface area (Å²) in [5.74, 6) is 0.480. The topological polar surface area (TPSA) is 106 Å². The van der Waals surface area contributed by atoms with Crippen molar-refractivity contribution in [3.63, 3.8) is 0 Å². The minimum atomic E-state index is -0.576. The summed E-state index contributed by atoms with van der Waals surface area (Å²) in [7, 11) is 0.